The van der Waals surface area contributed by atoms with Crippen molar-refractivity contribution in [2.75, 3.05) is 0 Å². The first-order chi connectivity index (χ1) is 10.3. The van der Waals surface area contributed by atoms with E-state index in [0.717, 1.165) is 5.92 Å². The number of ether oxygens (including phenoxy) is 1. The van der Waals surface area contributed by atoms with Crippen LogP contribution in [-0.4, -0.2) is 12.2 Å². The molecular formula is C20H40O. The predicted molar refractivity (Wildman–Crippen MR) is 93.8 cm³/mol. The van der Waals surface area contributed by atoms with Crippen molar-refractivity contribution < 1.29 is 4.74 Å². The van der Waals surface area contributed by atoms with Crippen LogP contribution in [0.2, 0.25) is 0 Å². The van der Waals surface area contributed by atoms with Crippen molar-refractivity contribution >= 4 is 0 Å². The highest BCUT2D eigenvalue weighted by Crippen LogP contribution is 2.32. The quantitative estimate of drug-likeness (QED) is 0.237. The molecule has 1 aliphatic heterocycles. The molecule has 0 aromatic carbocycles. The average Bonchev–Trinajstić information content (AvgIpc) is 3.24. The lowest BCUT2D eigenvalue weighted by Crippen LogP contribution is -1.96. The number of unbranched alkanes of at least 4 members (excludes halogenated alkanes) is 8. The molecule has 1 fully saturated rings. The summed E-state index contributed by atoms with van der Waals surface area (Å²) in [5.41, 5.74) is 0. The van der Waals surface area contributed by atoms with E-state index < -0.39 is 0 Å². The Bertz CT molecular complexity index is 226. The molecule has 1 saturated heterocycles. The summed E-state index contributed by atoms with van der Waals surface area (Å²) in [7, 11) is 0. The molecule has 1 heterocycles. The largest absolute Gasteiger partial charge is 0.370 e. The minimum absolute atomic E-state index is 0.631. The zero-order valence-electron chi connectivity index (χ0n) is 15.0. The summed E-state index contributed by atoms with van der Waals surface area (Å²) < 4.78 is 5.81. The molecule has 3 unspecified atom stereocenters. The van der Waals surface area contributed by atoms with E-state index in [1.54, 1.807) is 0 Å². The molecule has 0 spiro atoms. The van der Waals surface area contributed by atoms with Crippen molar-refractivity contribution in [1.82, 2.24) is 0 Å². The van der Waals surface area contributed by atoms with Crippen LogP contribution in [0.25, 0.3) is 0 Å². The van der Waals surface area contributed by atoms with Crippen LogP contribution in [0.3, 0.4) is 0 Å². The van der Waals surface area contributed by atoms with Gasteiger partial charge < -0.3 is 4.74 Å². The van der Waals surface area contributed by atoms with Gasteiger partial charge in [-0.15, -0.1) is 0 Å². The van der Waals surface area contributed by atoms with Crippen molar-refractivity contribution in [3.05, 3.63) is 0 Å². The Morgan fingerprint density at radius 1 is 0.714 bits per heavy atom. The van der Waals surface area contributed by atoms with E-state index in [0.29, 0.717) is 12.2 Å². The average molecular weight is 297 g/mol. The molecule has 1 rings (SSSR count). The van der Waals surface area contributed by atoms with Crippen LogP contribution in [-0.2, 0) is 4.74 Å². The summed E-state index contributed by atoms with van der Waals surface area (Å²) in [5.74, 6) is 0.915. The maximum Gasteiger partial charge on any atom is 0.0841 e. The molecule has 0 saturated carbocycles. The zero-order valence-corrected chi connectivity index (χ0v) is 15.0. The topological polar surface area (TPSA) is 12.5 Å². The Balaban J connectivity index is 1.78. The van der Waals surface area contributed by atoms with Gasteiger partial charge in [-0.25, -0.2) is 0 Å². The van der Waals surface area contributed by atoms with Gasteiger partial charge in [0.2, 0.25) is 0 Å². The highest BCUT2D eigenvalue weighted by atomic mass is 16.6. The van der Waals surface area contributed by atoms with Crippen molar-refractivity contribution in [2.24, 2.45) is 5.92 Å². The molecule has 1 nitrogen and oxygen atoms in total. The molecule has 1 aliphatic rings. The summed E-state index contributed by atoms with van der Waals surface area (Å²) >= 11 is 0. The van der Waals surface area contributed by atoms with E-state index in [9.17, 15) is 0 Å². The minimum atomic E-state index is 0.631. The van der Waals surface area contributed by atoms with E-state index in [1.807, 2.05) is 0 Å². The van der Waals surface area contributed by atoms with E-state index >= 15 is 0 Å². The molecule has 0 aliphatic carbocycles. The van der Waals surface area contributed by atoms with Gasteiger partial charge in [0.1, 0.15) is 0 Å². The van der Waals surface area contributed by atoms with E-state index in [-0.39, 0.29) is 0 Å². The predicted octanol–water partition coefficient (Wildman–Crippen LogP) is 6.89. The van der Waals surface area contributed by atoms with Gasteiger partial charge in [0.05, 0.1) is 12.2 Å². The number of hydrogen-bond donors (Lipinski definition) is 0. The lowest BCUT2D eigenvalue weighted by atomic mass is 9.99. The third kappa shape index (κ3) is 10.3. The molecule has 0 bridgehead atoms. The van der Waals surface area contributed by atoms with Gasteiger partial charge in [-0.1, -0.05) is 97.8 Å². The van der Waals surface area contributed by atoms with E-state index in [1.165, 1.54) is 89.9 Å². The number of rotatable bonds is 15. The number of hydrogen-bond acceptors (Lipinski definition) is 1. The third-order valence-corrected chi connectivity index (χ3v) is 5.16. The first kappa shape index (κ1) is 19.0. The summed E-state index contributed by atoms with van der Waals surface area (Å²) in [4.78, 5) is 0. The van der Waals surface area contributed by atoms with Gasteiger partial charge in [-0.3, -0.25) is 0 Å². The fraction of sp³-hybridized carbons (Fsp3) is 1.00. The Hall–Kier alpha value is -0.0400. The summed E-state index contributed by atoms with van der Waals surface area (Å²) in [6.07, 6.45) is 20.8. The van der Waals surface area contributed by atoms with Crippen molar-refractivity contribution in [3.63, 3.8) is 0 Å². The van der Waals surface area contributed by atoms with Crippen LogP contribution < -0.4 is 0 Å². The first-order valence-corrected chi connectivity index (χ1v) is 9.93. The smallest absolute Gasteiger partial charge is 0.0841 e. The van der Waals surface area contributed by atoms with Crippen LogP contribution >= 0.6 is 0 Å². The van der Waals surface area contributed by atoms with Gasteiger partial charge in [0.25, 0.3) is 0 Å². The molecule has 0 amide bonds. The molecule has 1 heteroatoms. The molecule has 3 atom stereocenters. The lowest BCUT2D eigenvalue weighted by Gasteiger charge is -2.06. The first-order valence-electron chi connectivity index (χ1n) is 9.93. The SMILES string of the molecule is CCCCCCCCCCC1OC1CCCCC(C)CC. The van der Waals surface area contributed by atoms with E-state index in [2.05, 4.69) is 20.8 Å². The maximum absolute atomic E-state index is 5.81. The second kappa shape index (κ2) is 12.5. The highest BCUT2D eigenvalue weighted by Gasteiger charge is 2.36. The van der Waals surface area contributed by atoms with Gasteiger partial charge >= 0.3 is 0 Å². The molecule has 126 valence electrons. The minimum Gasteiger partial charge on any atom is -0.370 e. The molecule has 0 N–H and O–H groups in total. The zero-order chi connectivity index (χ0) is 15.3. The van der Waals surface area contributed by atoms with Crippen LogP contribution in [0.15, 0.2) is 0 Å². The monoisotopic (exact) mass is 296 g/mol. The molecular weight excluding hydrogens is 256 g/mol. The van der Waals surface area contributed by atoms with Crippen LogP contribution in [0.1, 0.15) is 111 Å². The Morgan fingerprint density at radius 3 is 1.81 bits per heavy atom. The van der Waals surface area contributed by atoms with Crippen molar-refractivity contribution in [3.8, 4) is 0 Å². The molecule has 0 aromatic heterocycles. The standard InChI is InChI=1S/C20H40O/c1-4-6-7-8-9-10-11-12-16-19-20(21-19)17-14-13-15-18(3)5-2/h18-20H,4-17H2,1-3H3. The van der Waals surface area contributed by atoms with Crippen molar-refractivity contribution in [2.45, 2.75) is 123 Å². The molecule has 0 aromatic rings. The van der Waals surface area contributed by atoms with Crippen LogP contribution in [0.5, 0.6) is 0 Å². The fourth-order valence-electron chi connectivity index (χ4n) is 3.21. The maximum atomic E-state index is 5.81. The highest BCUT2D eigenvalue weighted by molar-refractivity contribution is 4.84. The summed E-state index contributed by atoms with van der Waals surface area (Å²) in [5, 5.41) is 0. The molecule has 0 radical (unpaired) electrons. The second-order valence-corrected chi connectivity index (χ2v) is 7.27. The van der Waals surface area contributed by atoms with Crippen molar-refractivity contribution in [1.29, 1.82) is 0 Å². The van der Waals surface area contributed by atoms with Gasteiger partial charge in [0.15, 0.2) is 0 Å². The summed E-state index contributed by atoms with van der Waals surface area (Å²) in [6, 6.07) is 0. The van der Waals surface area contributed by atoms with Crippen LogP contribution in [0, 0.1) is 5.92 Å². The lowest BCUT2D eigenvalue weighted by molar-refractivity contribution is 0.345. The van der Waals surface area contributed by atoms with Gasteiger partial charge in [0, 0.05) is 0 Å². The van der Waals surface area contributed by atoms with Gasteiger partial charge in [-0.2, -0.15) is 0 Å². The Morgan fingerprint density at radius 2 is 1.24 bits per heavy atom. The Kier molecular flexibility index (Phi) is 11.3. The van der Waals surface area contributed by atoms with E-state index in [4.69, 9.17) is 4.74 Å². The number of epoxide rings is 1. The summed E-state index contributed by atoms with van der Waals surface area (Å²) in [6.45, 7) is 6.96. The molecule has 21 heavy (non-hydrogen) atoms. The third-order valence-electron chi connectivity index (χ3n) is 5.16. The second-order valence-electron chi connectivity index (χ2n) is 7.27. The Labute approximate surface area is 134 Å². The fourth-order valence-corrected chi connectivity index (χ4v) is 3.21. The van der Waals surface area contributed by atoms with Crippen LogP contribution in [0.4, 0.5) is 0 Å². The van der Waals surface area contributed by atoms with Gasteiger partial charge in [-0.05, 0) is 18.8 Å². The normalized spacial score (nSPS) is 22.4.